The van der Waals surface area contributed by atoms with Crippen LogP contribution in [0.1, 0.15) is 25.7 Å². The predicted octanol–water partition coefficient (Wildman–Crippen LogP) is -4.65. The minimum atomic E-state index is -1.90. The summed E-state index contributed by atoms with van der Waals surface area (Å²) < 4.78 is 29.7. The van der Waals surface area contributed by atoms with Gasteiger partial charge in [-0.1, -0.05) is 0 Å². The molecule has 6 fully saturated rings. The summed E-state index contributed by atoms with van der Waals surface area (Å²) in [6, 6.07) is 0. The van der Waals surface area contributed by atoms with Gasteiger partial charge in [-0.2, -0.15) is 0 Å². The smallest absolute Gasteiger partial charge is 0.306 e. The average molecular weight is 524 g/mol. The van der Waals surface area contributed by atoms with Crippen molar-refractivity contribution >= 4 is 23.9 Å². The van der Waals surface area contributed by atoms with E-state index in [0.29, 0.717) is 0 Å². The fourth-order valence-electron chi connectivity index (χ4n) is 3.70. The molecular formula is C20H28O16. The number of carbonyl (C=O) groups is 4. The molecule has 6 saturated heterocycles. The van der Waals surface area contributed by atoms with Crippen molar-refractivity contribution in [2.75, 3.05) is 13.2 Å². The molecule has 6 aliphatic heterocycles. The normalized spacial score (nSPS) is 41.8. The SMILES string of the molecule is O=C1CCC(=O)OC2C(O)OC(COC(=O)CCC(=O)OC3C(O)OC(CO1)C(O)C3O)C(O)C2O. The molecule has 10 unspecified atom stereocenters. The molecule has 0 aromatic rings. The first-order valence-corrected chi connectivity index (χ1v) is 11.1. The minimum absolute atomic E-state index is 0.534. The first-order chi connectivity index (χ1) is 17.0. The first-order valence-electron chi connectivity index (χ1n) is 11.1. The number of rotatable bonds is 0. The van der Waals surface area contributed by atoms with Gasteiger partial charge < -0.3 is 59.1 Å². The van der Waals surface area contributed by atoms with Gasteiger partial charge in [0.05, 0.1) is 25.7 Å². The lowest BCUT2D eigenvalue weighted by Crippen LogP contribution is -2.60. The van der Waals surface area contributed by atoms with Gasteiger partial charge in [-0.3, -0.25) is 19.2 Å². The van der Waals surface area contributed by atoms with E-state index in [1.807, 2.05) is 0 Å². The predicted molar refractivity (Wildman–Crippen MR) is 106 cm³/mol. The second-order valence-corrected chi connectivity index (χ2v) is 8.37. The second kappa shape index (κ2) is 12.2. The maximum Gasteiger partial charge on any atom is 0.306 e. The molecule has 4 bridgehead atoms. The molecule has 36 heavy (non-hydrogen) atoms. The van der Waals surface area contributed by atoms with Gasteiger partial charge in [0.15, 0.2) is 24.8 Å². The fraction of sp³-hybridized carbons (Fsp3) is 0.800. The number of aliphatic hydroxyl groups is 6. The van der Waals surface area contributed by atoms with Gasteiger partial charge in [0, 0.05) is 0 Å². The molecule has 6 aliphatic rings. The van der Waals surface area contributed by atoms with E-state index in [1.165, 1.54) is 0 Å². The lowest BCUT2D eigenvalue weighted by atomic mass is 9.99. The quantitative estimate of drug-likeness (QED) is 0.129. The molecule has 0 amide bonds. The highest BCUT2D eigenvalue weighted by Crippen LogP contribution is 2.25. The van der Waals surface area contributed by atoms with E-state index in [0.717, 1.165) is 0 Å². The van der Waals surface area contributed by atoms with E-state index in [4.69, 9.17) is 28.4 Å². The van der Waals surface area contributed by atoms with E-state index < -0.39 is 124 Å². The maximum absolute atomic E-state index is 12.1. The Morgan fingerprint density at radius 2 is 0.833 bits per heavy atom. The summed E-state index contributed by atoms with van der Waals surface area (Å²) in [5.41, 5.74) is 0. The summed E-state index contributed by atoms with van der Waals surface area (Å²) in [7, 11) is 0. The number of ether oxygens (including phenoxy) is 6. The van der Waals surface area contributed by atoms with Crippen molar-refractivity contribution in [3.05, 3.63) is 0 Å². The molecule has 0 radical (unpaired) electrons. The van der Waals surface area contributed by atoms with Crippen molar-refractivity contribution in [2.24, 2.45) is 0 Å². The zero-order valence-corrected chi connectivity index (χ0v) is 18.8. The van der Waals surface area contributed by atoms with Crippen LogP contribution in [0.3, 0.4) is 0 Å². The zero-order chi connectivity index (χ0) is 26.6. The standard InChI is InChI=1S/C20H28O16/c21-9-1-3-11(23)35-17-15(27)14(26)8(34-19(17)29)6-32-10(22)2-4-12(24)36-18-16(28)13(25)7(5-31-9)33-20(18)30/h7-8,13-20,25-30H,1-6H2. The minimum Gasteiger partial charge on any atom is -0.463 e. The van der Waals surface area contributed by atoms with Crippen LogP contribution in [0.5, 0.6) is 0 Å². The van der Waals surface area contributed by atoms with Crippen molar-refractivity contribution in [1.29, 1.82) is 0 Å². The van der Waals surface area contributed by atoms with Gasteiger partial charge in [-0.05, 0) is 0 Å². The summed E-state index contributed by atoms with van der Waals surface area (Å²) in [6.07, 6.45) is -19.4. The van der Waals surface area contributed by atoms with E-state index in [9.17, 15) is 49.8 Å². The van der Waals surface area contributed by atoms with Crippen molar-refractivity contribution < 1.29 is 78.2 Å². The molecule has 6 heterocycles. The third-order valence-corrected chi connectivity index (χ3v) is 5.74. The molecule has 0 aliphatic carbocycles. The highest BCUT2D eigenvalue weighted by molar-refractivity contribution is 5.78. The van der Waals surface area contributed by atoms with Crippen molar-refractivity contribution in [2.45, 2.75) is 87.1 Å². The van der Waals surface area contributed by atoms with Gasteiger partial charge in [-0.25, -0.2) is 0 Å². The lowest BCUT2D eigenvalue weighted by Gasteiger charge is -2.40. The van der Waals surface area contributed by atoms with E-state index >= 15 is 0 Å². The van der Waals surface area contributed by atoms with Crippen LogP contribution in [-0.2, 0) is 47.6 Å². The number of esters is 4. The Morgan fingerprint density at radius 3 is 1.19 bits per heavy atom. The molecule has 6 rings (SSSR count). The topological polar surface area (TPSA) is 245 Å². The van der Waals surface area contributed by atoms with Crippen LogP contribution in [0.15, 0.2) is 0 Å². The maximum atomic E-state index is 12.1. The number of hydrogen-bond acceptors (Lipinski definition) is 16. The Labute approximate surface area is 203 Å². The van der Waals surface area contributed by atoms with E-state index in [1.54, 1.807) is 0 Å². The Hall–Kier alpha value is -2.44. The van der Waals surface area contributed by atoms with Crippen molar-refractivity contribution in [3.8, 4) is 0 Å². The Balaban J connectivity index is 1.71. The zero-order valence-electron chi connectivity index (χ0n) is 18.8. The highest BCUT2D eigenvalue weighted by Gasteiger charge is 2.48. The molecule has 6 N–H and O–H groups in total. The molecular weight excluding hydrogens is 496 g/mol. The lowest BCUT2D eigenvalue weighted by molar-refractivity contribution is -0.292. The molecule has 0 saturated carbocycles. The monoisotopic (exact) mass is 524 g/mol. The van der Waals surface area contributed by atoms with Gasteiger partial charge in [-0.15, -0.1) is 0 Å². The molecule has 0 spiro atoms. The number of aliphatic hydroxyl groups excluding tert-OH is 6. The van der Waals surface area contributed by atoms with Gasteiger partial charge in [0.25, 0.3) is 0 Å². The Kier molecular flexibility index (Phi) is 9.53. The first kappa shape index (κ1) is 28.1. The van der Waals surface area contributed by atoms with Crippen LogP contribution in [0.25, 0.3) is 0 Å². The highest BCUT2D eigenvalue weighted by atomic mass is 16.7. The van der Waals surface area contributed by atoms with Crippen LogP contribution in [0.4, 0.5) is 0 Å². The summed E-state index contributed by atoms with van der Waals surface area (Å²) in [5, 5.41) is 61.0. The summed E-state index contributed by atoms with van der Waals surface area (Å²) in [4.78, 5) is 48.1. The third-order valence-electron chi connectivity index (χ3n) is 5.74. The number of carbonyl (C=O) groups excluding carboxylic acids is 4. The second-order valence-electron chi connectivity index (χ2n) is 8.37. The van der Waals surface area contributed by atoms with Crippen LogP contribution >= 0.6 is 0 Å². The Morgan fingerprint density at radius 1 is 0.500 bits per heavy atom. The van der Waals surface area contributed by atoms with Gasteiger partial charge >= 0.3 is 23.9 Å². The van der Waals surface area contributed by atoms with Crippen LogP contribution in [0.2, 0.25) is 0 Å². The average Bonchev–Trinajstić information content (AvgIpc) is 2.84. The molecule has 16 heteroatoms. The van der Waals surface area contributed by atoms with Crippen LogP contribution < -0.4 is 0 Å². The Bertz CT molecular complexity index is 752. The van der Waals surface area contributed by atoms with Gasteiger partial charge in [0.1, 0.15) is 49.8 Å². The number of hydrogen-bond donors (Lipinski definition) is 6. The van der Waals surface area contributed by atoms with E-state index in [2.05, 4.69) is 0 Å². The fourth-order valence-corrected chi connectivity index (χ4v) is 3.70. The van der Waals surface area contributed by atoms with Gasteiger partial charge in [0.2, 0.25) is 0 Å². The molecule has 204 valence electrons. The third kappa shape index (κ3) is 6.86. The van der Waals surface area contributed by atoms with Crippen molar-refractivity contribution in [1.82, 2.24) is 0 Å². The molecule has 0 aromatic carbocycles. The van der Waals surface area contributed by atoms with Crippen LogP contribution in [-0.4, -0.2) is 129 Å². The molecule has 0 aromatic heterocycles. The summed E-state index contributed by atoms with van der Waals surface area (Å²) in [5.74, 6) is -4.01. The molecule has 16 nitrogen and oxygen atoms in total. The summed E-state index contributed by atoms with van der Waals surface area (Å²) in [6.45, 7) is -1.28. The summed E-state index contributed by atoms with van der Waals surface area (Å²) >= 11 is 0. The van der Waals surface area contributed by atoms with E-state index in [-0.39, 0.29) is 0 Å². The van der Waals surface area contributed by atoms with Crippen molar-refractivity contribution in [3.63, 3.8) is 0 Å². The molecule has 10 atom stereocenters. The largest absolute Gasteiger partial charge is 0.463 e. The van der Waals surface area contributed by atoms with Crippen LogP contribution in [0, 0.1) is 0 Å².